The van der Waals surface area contributed by atoms with Gasteiger partial charge in [0.05, 0.1) is 6.54 Å². The highest BCUT2D eigenvalue weighted by Gasteiger charge is 2.21. The van der Waals surface area contributed by atoms with Crippen molar-refractivity contribution in [3.8, 4) is 11.5 Å². The first-order chi connectivity index (χ1) is 10.2. The van der Waals surface area contributed by atoms with Gasteiger partial charge in [0.15, 0.2) is 11.5 Å². The summed E-state index contributed by atoms with van der Waals surface area (Å²) in [6.07, 6.45) is -0.200. The van der Waals surface area contributed by atoms with Crippen molar-refractivity contribution in [1.82, 2.24) is 10.3 Å². The van der Waals surface area contributed by atoms with Crippen LogP contribution in [0.15, 0.2) is 42.5 Å². The largest absolute Gasteiger partial charge is 0.486 e. The van der Waals surface area contributed by atoms with Gasteiger partial charge in [0, 0.05) is 5.69 Å². The van der Waals surface area contributed by atoms with Gasteiger partial charge in [-0.2, -0.15) is 0 Å². The zero-order valence-electron chi connectivity index (χ0n) is 11.7. The number of carbonyl (C=O) groups excluding carboxylic acids is 1. The quantitative estimate of drug-likeness (QED) is 0.936. The molecule has 1 aliphatic rings. The second-order valence-electron chi connectivity index (χ2n) is 4.87. The monoisotopic (exact) mass is 284 g/mol. The Morgan fingerprint density at radius 2 is 2.05 bits per heavy atom. The first-order valence-electron chi connectivity index (χ1n) is 6.83. The minimum absolute atomic E-state index is 0.200. The molecule has 0 fully saturated rings. The fraction of sp³-hybridized carbons (Fsp3) is 0.250. The number of carbonyl (C=O) groups is 1. The second-order valence-corrected chi connectivity index (χ2v) is 4.87. The Hall–Kier alpha value is -2.56. The molecule has 0 radical (unpaired) electrons. The van der Waals surface area contributed by atoms with Gasteiger partial charge in [0.25, 0.3) is 5.91 Å². The average Bonchev–Trinajstić information content (AvgIpc) is 2.52. The van der Waals surface area contributed by atoms with Gasteiger partial charge in [-0.05, 0) is 31.2 Å². The van der Waals surface area contributed by atoms with E-state index >= 15 is 0 Å². The molecule has 0 bridgehead atoms. The summed E-state index contributed by atoms with van der Waals surface area (Å²) >= 11 is 0. The van der Waals surface area contributed by atoms with Gasteiger partial charge in [0.1, 0.15) is 18.4 Å². The van der Waals surface area contributed by atoms with E-state index in [1.165, 1.54) is 0 Å². The number of benzene rings is 1. The van der Waals surface area contributed by atoms with E-state index in [1.807, 2.05) is 43.3 Å². The third-order valence-corrected chi connectivity index (χ3v) is 3.18. The molecule has 5 heteroatoms. The molecule has 0 spiro atoms. The molecule has 1 amide bonds. The van der Waals surface area contributed by atoms with Crippen LogP contribution in [0.5, 0.6) is 11.5 Å². The van der Waals surface area contributed by atoms with Crippen LogP contribution in [0, 0.1) is 6.92 Å². The summed E-state index contributed by atoms with van der Waals surface area (Å²) in [5, 5.41) is 2.82. The van der Waals surface area contributed by atoms with Crippen LogP contribution >= 0.6 is 0 Å². The predicted octanol–water partition coefficient (Wildman–Crippen LogP) is 1.96. The number of hydrogen-bond donors (Lipinski definition) is 1. The van der Waals surface area contributed by atoms with E-state index in [4.69, 9.17) is 9.47 Å². The molecule has 1 N–H and O–H groups in total. The molecule has 1 aliphatic heterocycles. The zero-order valence-corrected chi connectivity index (χ0v) is 11.7. The number of nitrogens with zero attached hydrogens (tertiary/aromatic N) is 1. The Morgan fingerprint density at radius 3 is 2.86 bits per heavy atom. The van der Waals surface area contributed by atoms with Crippen LogP contribution in [0.3, 0.4) is 0 Å². The van der Waals surface area contributed by atoms with Gasteiger partial charge in [-0.3, -0.25) is 4.79 Å². The van der Waals surface area contributed by atoms with E-state index in [0.29, 0.717) is 24.6 Å². The van der Waals surface area contributed by atoms with E-state index in [2.05, 4.69) is 10.3 Å². The van der Waals surface area contributed by atoms with E-state index < -0.39 is 0 Å². The number of para-hydroxylation sites is 2. The highest BCUT2D eigenvalue weighted by Crippen LogP contribution is 2.30. The molecular weight excluding hydrogens is 268 g/mol. The standard InChI is InChI=1S/C16H16N2O3/c1-11-5-4-6-13(18-11)16(19)17-9-12-10-20-14-7-2-3-8-15(14)21-12/h2-8,12H,9-10H2,1H3,(H,17,19). The Bertz CT molecular complexity index is 657. The minimum Gasteiger partial charge on any atom is -0.486 e. The first kappa shape index (κ1) is 13.4. The topological polar surface area (TPSA) is 60.5 Å². The summed E-state index contributed by atoms with van der Waals surface area (Å²) in [5.41, 5.74) is 1.22. The number of fused-ring (bicyclic) bond motifs is 1. The summed E-state index contributed by atoms with van der Waals surface area (Å²) in [5.74, 6) is 1.23. The summed E-state index contributed by atoms with van der Waals surface area (Å²) in [6, 6.07) is 12.9. The van der Waals surface area contributed by atoms with Gasteiger partial charge in [-0.25, -0.2) is 4.98 Å². The molecule has 108 valence electrons. The number of pyridine rings is 1. The van der Waals surface area contributed by atoms with Gasteiger partial charge >= 0.3 is 0 Å². The van der Waals surface area contributed by atoms with Crippen LogP contribution in [0.25, 0.3) is 0 Å². The normalized spacial score (nSPS) is 16.3. The number of aryl methyl sites for hydroxylation is 1. The van der Waals surface area contributed by atoms with Crippen molar-refractivity contribution < 1.29 is 14.3 Å². The third kappa shape index (κ3) is 3.13. The maximum Gasteiger partial charge on any atom is 0.270 e. The molecule has 0 saturated heterocycles. The molecule has 1 atom stereocenters. The third-order valence-electron chi connectivity index (χ3n) is 3.18. The van der Waals surface area contributed by atoms with E-state index in [9.17, 15) is 4.79 Å². The average molecular weight is 284 g/mol. The van der Waals surface area contributed by atoms with Crippen LogP contribution in [0.4, 0.5) is 0 Å². The predicted molar refractivity (Wildman–Crippen MR) is 77.7 cm³/mol. The number of rotatable bonds is 3. The number of amides is 1. The molecule has 21 heavy (non-hydrogen) atoms. The lowest BCUT2D eigenvalue weighted by Gasteiger charge is -2.26. The van der Waals surface area contributed by atoms with E-state index in [0.717, 1.165) is 11.4 Å². The molecular formula is C16H16N2O3. The molecule has 1 unspecified atom stereocenters. The summed E-state index contributed by atoms with van der Waals surface area (Å²) in [6.45, 7) is 2.65. The first-order valence-corrected chi connectivity index (χ1v) is 6.83. The van der Waals surface area contributed by atoms with Crippen molar-refractivity contribution in [3.05, 3.63) is 53.9 Å². The fourth-order valence-electron chi connectivity index (χ4n) is 2.13. The minimum atomic E-state index is -0.207. The SMILES string of the molecule is Cc1cccc(C(=O)NCC2COc3ccccc3O2)n1. The molecule has 0 saturated carbocycles. The van der Waals surface area contributed by atoms with Crippen LogP contribution < -0.4 is 14.8 Å². The smallest absolute Gasteiger partial charge is 0.270 e. The Kier molecular flexibility index (Phi) is 3.73. The maximum atomic E-state index is 12.0. The van der Waals surface area contributed by atoms with Crippen LogP contribution in [-0.2, 0) is 0 Å². The van der Waals surface area contributed by atoms with E-state index in [-0.39, 0.29) is 12.0 Å². The second kappa shape index (κ2) is 5.83. The molecule has 5 nitrogen and oxygen atoms in total. The number of nitrogens with one attached hydrogen (secondary N) is 1. The maximum absolute atomic E-state index is 12.0. The molecule has 3 rings (SSSR count). The molecule has 1 aromatic carbocycles. The summed E-state index contributed by atoms with van der Waals surface area (Å²) in [7, 11) is 0. The molecule has 0 aliphatic carbocycles. The van der Waals surface area contributed by atoms with Crippen molar-refractivity contribution in [2.24, 2.45) is 0 Å². The van der Waals surface area contributed by atoms with E-state index in [1.54, 1.807) is 6.07 Å². The molecule has 2 aromatic rings. The van der Waals surface area contributed by atoms with Crippen molar-refractivity contribution in [2.75, 3.05) is 13.2 Å². The van der Waals surface area contributed by atoms with Crippen molar-refractivity contribution >= 4 is 5.91 Å². The van der Waals surface area contributed by atoms with Crippen molar-refractivity contribution in [2.45, 2.75) is 13.0 Å². The van der Waals surface area contributed by atoms with Gasteiger partial charge < -0.3 is 14.8 Å². The van der Waals surface area contributed by atoms with Gasteiger partial charge in [0.2, 0.25) is 0 Å². The Morgan fingerprint density at radius 1 is 1.24 bits per heavy atom. The van der Waals surface area contributed by atoms with Gasteiger partial charge in [-0.1, -0.05) is 18.2 Å². The Balaban J connectivity index is 1.58. The highest BCUT2D eigenvalue weighted by atomic mass is 16.6. The van der Waals surface area contributed by atoms with Crippen LogP contribution in [-0.4, -0.2) is 30.1 Å². The van der Waals surface area contributed by atoms with Crippen molar-refractivity contribution in [3.63, 3.8) is 0 Å². The van der Waals surface area contributed by atoms with Crippen LogP contribution in [0.1, 0.15) is 16.2 Å². The lowest BCUT2D eigenvalue weighted by atomic mass is 10.2. The highest BCUT2D eigenvalue weighted by molar-refractivity contribution is 5.92. The summed E-state index contributed by atoms with van der Waals surface area (Å²) in [4.78, 5) is 16.2. The summed E-state index contributed by atoms with van der Waals surface area (Å²) < 4.78 is 11.4. The molecule has 2 heterocycles. The number of hydrogen-bond acceptors (Lipinski definition) is 4. The van der Waals surface area contributed by atoms with Crippen molar-refractivity contribution in [1.29, 1.82) is 0 Å². The number of aromatic nitrogens is 1. The lowest BCUT2D eigenvalue weighted by Crippen LogP contribution is -2.40. The van der Waals surface area contributed by atoms with Crippen LogP contribution in [0.2, 0.25) is 0 Å². The zero-order chi connectivity index (χ0) is 14.7. The lowest BCUT2D eigenvalue weighted by molar-refractivity contribution is 0.0786. The van der Waals surface area contributed by atoms with Gasteiger partial charge in [-0.15, -0.1) is 0 Å². The molecule has 1 aromatic heterocycles. The fourth-order valence-corrected chi connectivity index (χ4v) is 2.13. The number of ether oxygens (including phenoxy) is 2. The Labute approximate surface area is 122 Å².